The molecular formula is C18H28N2O. The van der Waals surface area contributed by atoms with Crippen LogP contribution in [0.25, 0.3) is 0 Å². The second kappa shape index (κ2) is 6.61. The van der Waals surface area contributed by atoms with E-state index in [0.717, 1.165) is 25.8 Å². The van der Waals surface area contributed by atoms with E-state index in [1.165, 1.54) is 11.1 Å². The summed E-state index contributed by atoms with van der Waals surface area (Å²) in [5, 5.41) is 6.45. The van der Waals surface area contributed by atoms with Crippen LogP contribution in [-0.2, 0) is 10.2 Å². The van der Waals surface area contributed by atoms with Crippen molar-refractivity contribution in [1.29, 1.82) is 0 Å². The highest BCUT2D eigenvalue weighted by Crippen LogP contribution is 2.24. The summed E-state index contributed by atoms with van der Waals surface area (Å²) < 4.78 is 0. The standard InChI is InChI=1S/C18H28N2O/c1-13(20-16-7-5-6-12-19-17(16)21)14-8-10-15(11-9-14)18(2,3)4/h8-11,13,16,20H,5-7,12H2,1-4H3,(H,19,21). The van der Waals surface area contributed by atoms with Gasteiger partial charge in [-0.3, -0.25) is 10.1 Å². The molecule has 1 heterocycles. The van der Waals surface area contributed by atoms with Gasteiger partial charge in [-0.2, -0.15) is 0 Å². The molecule has 2 rings (SSSR count). The van der Waals surface area contributed by atoms with Gasteiger partial charge >= 0.3 is 0 Å². The molecule has 0 spiro atoms. The van der Waals surface area contributed by atoms with Crippen LogP contribution in [0.5, 0.6) is 0 Å². The lowest BCUT2D eigenvalue weighted by molar-refractivity contribution is -0.123. The molecular weight excluding hydrogens is 260 g/mol. The van der Waals surface area contributed by atoms with Gasteiger partial charge in [-0.25, -0.2) is 0 Å². The molecule has 1 amide bonds. The van der Waals surface area contributed by atoms with Crippen molar-refractivity contribution < 1.29 is 4.79 Å². The van der Waals surface area contributed by atoms with Gasteiger partial charge in [-0.1, -0.05) is 45.0 Å². The fourth-order valence-electron chi connectivity index (χ4n) is 2.77. The van der Waals surface area contributed by atoms with E-state index >= 15 is 0 Å². The molecule has 1 aliphatic heterocycles. The summed E-state index contributed by atoms with van der Waals surface area (Å²) in [6.45, 7) is 9.61. The minimum atomic E-state index is -0.0650. The molecule has 1 aromatic carbocycles. The second-order valence-corrected chi connectivity index (χ2v) is 7.10. The Morgan fingerprint density at radius 2 is 1.86 bits per heavy atom. The maximum Gasteiger partial charge on any atom is 0.237 e. The van der Waals surface area contributed by atoms with Crippen LogP contribution in [0.1, 0.15) is 64.1 Å². The van der Waals surface area contributed by atoms with Crippen LogP contribution in [0.4, 0.5) is 0 Å². The summed E-state index contributed by atoms with van der Waals surface area (Å²) >= 11 is 0. The Morgan fingerprint density at radius 3 is 2.48 bits per heavy atom. The highest BCUT2D eigenvalue weighted by Gasteiger charge is 2.22. The zero-order valence-corrected chi connectivity index (χ0v) is 13.7. The Bertz CT molecular complexity index is 473. The third-order valence-corrected chi connectivity index (χ3v) is 4.26. The Labute approximate surface area is 128 Å². The van der Waals surface area contributed by atoms with Crippen LogP contribution in [0, 0.1) is 0 Å². The van der Waals surface area contributed by atoms with Crippen LogP contribution in [0.15, 0.2) is 24.3 Å². The number of hydrogen-bond acceptors (Lipinski definition) is 2. The molecule has 0 radical (unpaired) electrons. The van der Waals surface area contributed by atoms with Gasteiger partial charge in [0.15, 0.2) is 0 Å². The van der Waals surface area contributed by atoms with Crippen molar-refractivity contribution in [1.82, 2.24) is 10.6 Å². The molecule has 0 aliphatic carbocycles. The van der Waals surface area contributed by atoms with E-state index in [1.54, 1.807) is 0 Å². The van der Waals surface area contributed by atoms with Crippen LogP contribution in [0.2, 0.25) is 0 Å². The maximum absolute atomic E-state index is 12.0. The lowest BCUT2D eigenvalue weighted by Crippen LogP contribution is -2.43. The average Bonchev–Trinajstić information content (AvgIpc) is 2.63. The third kappa shape index (κ3) is 4.31. The summed E-state index contributed by atoms with van der Waals surface area (Å²) in [4.78, 5) is 12.0. The van der Waals surface area contributed by atoms with Gasteiger partial charge in [-0.15, -0.1) is 0 Å². The molecule has 3 nitrogen and oxygen atoms in total. The minimum Gasteiger partial charge on any atom is -0.355 e. The summed E-state index contributed by atoms with van der Waals surface area (Å²) in [6, 6.07) is 8.86. The van der Waals surface area contributed by atoms with Gasteiger partial charge < -0.3 is 5.32 Å². The quantitative estimate of drug-likeness (QED) is 0.896. The Balaban J connectivity index is 2.02. The fourth-order valence-corrected chi connectivity index (χ4v) is 2.77. The average molecular weight is 288 g/mol. The smallest absolute Gasteiger partial charge is 0.237 e. The molecule has 1 aromatic rings. The van der Waals surface area contributed by atoms with Crippen molar-refractivity contribution in [2.24, 2.45) is 0 Å². The van der Waals surface area contributed by atoms with Crippen LogP contribution < -0.4 is 10.6 Å². The zero-order valence-electron chi connectivity index (χ0n) is 13.7. The van der Waals surface area contributed by atoms with Crippen molar-refractivity contribution in [2.75, 3.05) is 6.54 Å². The van der Waals surface area contributed by atoms with Gasteiger partial charge in [0.05, 0.1) is 6.04 Å². The molecule has 116 valence electrons. The van der Waals surface area contributed by atoms with Crippen LogP contribution in [0.3, 0.4) is 0 Å². The number of nitrogens with one attached hydrogen (secondary N) is 2. The second-order valence-electron chi connectivity index (χ2n) is 7.10. The van der Waals surface area contributed by atoms with Gasteiger partial charge in [-0.05, 0) is 42.7 Å². The summed E-state index contributed by atoms with van der Waals surface area (Å²) in [7, 11) is 0. The van der Waals surface area contributed by atoms with Crippen LogP contribution >= 0.6 is 0 Å². The third-order valence-electron chi connectivity index (χ3n) is 4.26. The molecule has 0 aromatic heterocycles. The zero-order chi connectivity index (χ0) is 15.5. The molecule has 3 heteroatoms. The largest absolute Gasteiger partial charge is 0.355 e. The molecule has 2 unspecified atom stereocenters. The molecule has 1 saturated heterocycles. The molecule has 2 N–H and O–H groups in total. The van der Waals surface area contributed by atoms with Crippen molar-refractivity contribution in [3.63, 3.8) is 0 Å². The Morgan fingerprint density at radius 1 is 1.19 bits per heavy atom. The number of carbonyl (C=O) groups excluding carboxylic acids is 1. The monoisotopic (exact) mass is 288 g/mol. The Kier molecular flexibility index (Phi) is 5.04. The van der Waals surface area contributed by atoms with Gasteiger partial charge in [0.1, 0.15) is 0 Å². The van der Waals surface area contributed by atoms with Crippen molar-refractivity contribution in [2.45, 2.75) is 64.5 Å². The molecule has 1 aliphatic rings. The van der Waals surface area contributed by atoms with E-state index < -0.39 is 0 Å². The maximum atomic E-state index is 12.0. The van der Waals surface area contributed by atoms with Crippen molar-refractivity contribution in [3.05, 3.63) is 35.4 Å². The number of benzene rings is 1. The first-order chi connectivity index (χ1) is 9.88. The highest BCUT2D eigenvalue weighted by molar-refractivity contribution is 5.81. The van der Waals surface area contributed by atoms with Crippen molar-refractivity contribution >= 4 is 5.91 Å². The van der Waals surface area contributed by atoms with E-state index in [1.807, 2.05) is 0 Å². The van der Waals surface area contributed by atoms with E-state index in [9.17, 15) is 4.79 Å². The number of carbonyl (C=O) groups is 1. The van der Waals surface area contributed by atoms with Crippen LogP contribution in [-0.4, -0.2) is 18.5 Å². The Hall–Kier alpha value is -1.35. The highest BCUT2D eigenvalue weighted by atomic mass is 16.2. The van der Waals surface area contributed by atoms with Crippen molar-refractivity contribution in [3.8, 4) is 0 Å². The van der Waals surface area contributed by atoms with E-state index in [-0.39, 0.29) is 23.4 Å². The predicted molar refractivity (Wildman–Crippen MR) is 87.3 cm³/mol. The normalized spacial score (nSPS) is 21.5. The topological polar surface area (TPSA) is 41.1 Å². The summed E-state index contributed by atoms with van der Waals surface area (Å²) in [6.07, 6.45) is 3.11. The lowest BCUT2D eigenvalue weighted by Gasteiger charge is -2.23. The molecule has 1 fully saturated rings. The van der Waals surface area contributed by atoms with E-state index in [2.05, 4.69) is 62.6 Å². The molecule has 21 heavy (non-hydrogen) atoms. The SMILES string of the molecule is CC(NC1CCCCNC1=O)c1ccc(C(C)(C)C)cc1. The number of hydrogen-bond donors (Lipinski definition) is 2. The first-order valence-electron chi connectivity index (χ1n) is 8.02. The number of amides is 1. The fraction of sp³-hybridized carbons (Fsp3) is 0.611. The molecule has 0 saturated carbocycles. The first-order valence-corrected chi connectivity index (χ1v) is 8.02. The van der Waals surface area contributed by atoms with E-state index in [4.69, 9.17) is 0 Å². The predicted octanol–water partition coefficient (Wildman–Crippen LogP) is 3.30. The molecule has 2 atom stereocenters. The summed E-state index contributed by atoms with van der Waals surface area (Å²) in [5.41, 5.74) is 2.75. The first kappa shape index (κ1) is 16.0. The van der Waals surface area contributed by atoms with Gasteiger partial charge in [0, 0.05) is 12.6 Å². The lowest BCUT2D eigenvalue weighted by atomic mass is 9.86. The number of rotatable bonds is 3. The molecule has 0 bridgehead atoms. The minimum absolute atomic E-state index is 0.0650. The van der Waals surface area contributed by atoms with Gasteiger partial charge in [0.25, 0.3) is 0 Å². The van der Waals surface area contributed by atoms with E-state index in [0.29, 0.717) is 0 Å². The summed E-state index contributed by atoms with van der Waals surface area (Å²) in [5.74, 6) is 0.144. The van der Waals surface area contributed by atoms with Gasteiger partial charge in [0.2, 0.25) is 5.91 Å².